The Morgan fingerprint density at radius 3 is 2.89 bits per heavy atom. The van der Waals surface area contributed by atoms with Gasteiger partial charge in [0.05, 0.1) is 6.61 Å². The molecule has 0 bridgehead atoms. The number of aryl methyl sites for hydroxylation is 1. The molecule has 0 spiro atoms. The van der Waals surface area contributed by atoms with Crippen molar-refractivity contribution < 1.29 is 9.53 Å². The molecule has 0 aliphatic carbocycles. The Kier molecular flexibility index (Phi) is 3.46. The maximum atomic E-state index is 11.6. The summed E-state index contributed by atoms with van der Waals surface area (Å²) in [4.78, 5) is 15.7. The highest BCUT2D eigenvalue weighted by Crippen LogP contribution is 2.09. The van der Waals surface area contributed by atoms with Crippen LogP contribution in [0.5, 0.6) is 0 Å². The number of esters is 1. The first kappa shape index (κ1) is 12.4. The third-order valence-corrected chi connectivity index (χ3v) is 2.36. The van der Waals surface area contributed by atoms with Crippen molar-refractivity contribution in [3.05, 3.63) is 35.8 Å². The van der Waals surface area contributed by atoms with Gasteiger partial charge in [-0.1, -0.05) is 11.5 Å². The van der Waals surface area contributed by atoms with E-state index >= 15 is 0 Å². The summed E-state index contributed by atoms with van der Waals surface area (Å²) in [7, 11) is 5.57. The highest BCUT2D eigenvalue weighted by molar-refractivity contribution is 6.32. The van der Waals surface area contributed by atoms with E-state index in [-0.39, 0.29) is 5.69 Å². The van der Waals surface area contributed by atoms with Crippen LogP contribution < -0.4 is 5.46 Å². The molecule has 6 heteroatoms. The molecule has 0 aromatic carbocycles. The van der Waals surface area contributed by atoms with Crippen LogP contribution in [0.2, 0.25) is 0 Å². The maximum absolute atomic E-state index is 11.6. The molecular weight excluding hydrogens is 229 g/mol. The van der Waals surface area contributed by atoms with Crippen LogP contribution in [0.15, 0.2) is 24.4 Å². The first-order valence-corrected chi connectivity index (χ1v) is 5.57. The molecule has 0 saturated heterocycles. The smallest absolute Gasteiger partial charge is 0.358 e. The summed E-state index contributed by atoms with van der Waals surface area (Å²) >= 11 is 0. The molecule has 0 saturated carbocycles. The summed E-state index contributed by atoms with van der Waals surface area (Å²) in [5, 5.41) is 4.17. The molecule has 0 fully saturated rings. The molecule has 2 rings (SSSR count). The molecule has 0 atom stereocenters. The van der Waals surface area contributed by atoms with E-state index in [1.54, 1.807) is 36.0 Å². The third-order valence-electron chi connectivity index (χ3n) is 2.36. The van der Waals surface area contributed by atoms with Crippen LogP contribution in [0.4, 0.5) is 0 Å². The van der Waals surface area contributed by atoms with Crippen LogP contribution in [0, 0.1) is 6.92 Å². The van der Waals surface area contributed by atoms with Crippen molar-refractivity contribution >= 4 is 19.3 Å². The quantitative estimate of drug-likeness (QED) is 0.581. The number of pyridine rings is 1. The topological polar surface area (TPSA) is 57.0 Å². The standard InChI is InChI=1S/C12H12BN3O2/c1-3-18-12(17)10-6-8(2)16(15-10)11-5-4-9(13)7-14-11/h4-7H,3H2,1-2H3. The van der Waals surface area contributed by atoms with Crippen molar-refractivity contribution in [2.24, 2.45) is 0 Å². The van der Waals surface area contributed by atoms with E-state index in [0.29, 0.717) is 17.9 Å². The number of carbonyl (C=O) groups is 1. The van der Waals surface area contributed by atoms with E-state index in [9.17, 15) is 4.79 Å². The Bertz CT molecular complexity index is 563. The first-order chi connectivity index (χ1) is 8.61. The molecule has 0 N–H and O–H groups in total. The average molecular weight is 241 g/mol. The largest absolute Gasteiger partial charge is 0.461 e. The van der Waals surface area contributed by atoms with Crippen molar-refractivity contribution in [1.82, 2.24) is 14.8 Å². The molecule has 0 unspecified atom stereocenters. The highest BCUT2D eigenvalue weighted by Gasteiger charge is 2.14. The molecule has 18 heavy (non-hydrogen) atoms. The van der Waals surface area contributed by atoms with Gasteiger partial charge in [0.25, 0.3) is 0 Å². The van der Waals surface area contributed by atoms with Crippen molar-refractivity contribution in [1.29, 1.82) is 0 Å². The van der Waals surface area contributed by atoms with Crippen molar-refractivity contribution in [2.45, 2.75) is 13.8 Å². The summed E-state index contributed by atoms with van der Waals surface area (Å²) < 4.78 is 6.47. The molecular formula is C12H12BN3O2. The summed E-state index contributed by atoms with van der Waals surface area (Å²) in [6, 6.07) is 5.13. The highest BCUT2D eigenvalue weighted by atomic mass is 16.5. The van der Waals surface area contributed by atoms with Gasteiger partial charge in [-0.25, -0.2) is 14.5 Å². The molecule has 2 heterocycles. The third kappa shape index (κ3) is 2.42. The second kappa shape index (κ2) is 5.04. The van der Waals surface area contributed by atoms with Gasteiger partial charge in [-0.3, -0.25) is 0 Å². The Labute approximate surface area is 106 Å². The van der Waals surface area contributed by atoms with Crippen molar-refractivity contribution in [3.8, 4) is 5.82 Å². The number of ether oxygens (including phenoxy) is 1. The lowest BCUT2D eigenvalue weighted by Gasteiger charge is -2.03. The van der Waals surface area contributed by atoms with Crippen molar-refractivity contribution in [3.63, 3.8) is 0 Å². The van der Waals surface area contributed by atoms with Crippen LogP contribution in [0.1, 0.15) is 23.1 Å². The van der Waals surface area contributed by atoms with Gasteiger partial charge in [0.1, 0.15) is 7.85 Å². The molecule has 5 nitrogen and oxygen atoms in total. The van der Waals surface area contributed by atoms with E-state index < -0.39 is 5.97 Å². The second-order valence-electron chi connectivity index (χ2n) is 3.75. The fraction of sp³-hybridized carbons (Fsp3) is 0.250. The monoisotopic (exact) mass is 241 g/mol. The van der Waals surface area contributed by atoms with Crippen LogP contribution in [-0.2, 0) is 4.74 Å². The predicted octanol–water partition coefficient (Wildman–Crippen LogP) is 0.546. The predicted molar refractivity (Wildman–Crippen MR) is 67.4 cm³/mol. The van der Waals surface area contributed by atoms with E-state index in [0.717, 1.165) is 5.69 Å². The lowest BCUT2D eigenvalue weighted by Crippen LogP contribution is -2.09. The summed E-state index contributed by atoms with van der Waals surface area (Å²) in [5.74, 6) is 0.173. The minimum absolute atomic E-state index is 0.271. The van der Waals surface area contributed by atoms with Crippen LogP contribution in [-0.4, -0.2) is 35.2 Å². The number of nitrogens with zero attached hydrogens (tertiary/aromatic N) is 3. The fourth-order valence-corrected chi connectivity index (χ4v) is 1.53. The Morgan fingerprint density at radius 2 is 2.28 bits per heavy atom. The minimum Gasteiger partial charge on any atom is -0.461 e. The van der Waals surface area contributed by atoms with Gasteiger partial charge in [0, 0.05) is 11.9 Å². The zero-order chi connectivity index (χ0) is 13.1. The van der Waals surface area contributed by atoms with Crippen molar-refractivity contribution in [2.75, 3.05) is 6.61 Å². The van der Waals surface area contributed by atoms with Gasteiger partial charge in [-0.05, 0) is 26.0 Å². The summed E-state index contributed by atoms with van der Waals surface area (Å²) in [5.41, 5.74) is 1.65. The van der Waals surface area contributed by atoms with E-state index in [2.05, 4.69) is 10.1 Å². The maximum Gasteiger partial charge on any atom is 0.358 e. The molecule has 90 valence electrons. The number of carbonyl (C=O) groups excluding carboxylic acids is 1. The number of hydrogen-bond acceptors (Lipinski definition) is 4. The normalized spacial score (nSPS) is 10.3. The molecule has 0 aliphatic heterocycles. The van der Waals surface area contributed by atoms with Gasteiger partial charge in [-0.15, -0.1) is 0 Å². The minimum atomic E-state index is -0.435. The van der Waals surface area contributed by atoms with E-state index in [4.69, 9.17) is 12.6 Å². The second-order valence-corrected chi connectivity index (χ2v) is 3.75. The van der Waals surface area contributed by atoms with Gasteiger partial charge in [0.2, 0.25) is 0 Å². The molecule has 2 aromatic heterocycles. The SMILES string of the molecule is [B]c1ccc(-n2nc(C(=O)OCC)cc2C)nc1. The van der Waals surface area contributed by atoms with Gasteiger partial charge < -0.3 is 4.74 Å². The molecule has 0 amide bonds. The van der Waals surface area contributed by atoms with E-state index in [1.165, 1.54) is 0 Å². The molecule has 2 aromatic rings. The summed E-state index contributed by atoms with van der Waals surface area (Å²) in [6.07, 6.45) is 1.54. The van der Waals surface area contributed by atoms with E-state index in [1.807, 2.05) is 6.92 Å². The molecule has 2 radical (unpaired) electrons. The number of rotatable bonds is 3. The lowest BCUT2D eigenvalue weighted by atomic mass is 9.99. The number of aromatic nitrogens is 3. The Hall–Kier alpha value is -2.11. The van der Waals surface area contributed by atoms with Gasteiger partial charge >= 0.3 is 5.97 Å². The molecule has 0 aliphatic rings. The Balaban J connectivity index is 2.34. The Morgan fingerprint density at radius 1 is 1.50 bits per heavy atom. The zero-order valence-corrected chi connectivity index (χ0v) is 10.3. The first-order valence-electron chi connectivity index (χ1n) is 5.57. The lowest BCUT2D eigenvalue weighted by molar-refractivity contribution is 0.0519. The zero-order valence-electron chi connectivity index (χ0n) is 10.3. The van der Waals surface area contributed by atoms with Crippen LogP contribution in [0.25, 0.3) is 5.82 Å². The van der Waals surface area contributed by atoms with Crippen LogP contribution in [0.3, 0.4) is 0 Å². The number of hydrogen-bond donors (Lipinski definition) is 0. The van der Waals surface area contributed by atoms with Gasteiger partial charge in [-0.2, -0.15) is 5.10 Å². The average Bonchev–Trinajstić information content (AvgIpc) is 2.73. The van der Waals surface area contributed by atoms with Gasteiger partial charge in [0.15, 0.2) is 11.5 Å². The van der Waals surface area contributed by atoms with Crippen LogP contribution >= 0.6 is 0 Å². The summed E-state index contributed by atoms with van der Waals surface area (Å²) in [6.45, 7) is 3.92. The fourth-order valence-electron chi connectivity index (χ4n) is 1.53.